The number of carboxylic acid groups (broad SMARTS) is 1. The Labute approximate surface area is 84.6 Å². The number of aliphatic carboxylic acids is 1. The van der Waals surface area contributed by atoms with Crippen molar-refractivity contribution in [3.8, 4) is 0 Å². The molecular formula is C10H19NO3. The zero-order chi connectivity index (χ0) is 10.4. The average molecular weight is 201 g/mol. The lowest BCUT2D eigenvalue weighted by atomic mass is 10.1. The largest absolute Gasteiger partial charge is 0.480 e. The summed E-state index contributed by atoms with van der Waals surface area (Å²) in [7, 11) is 0. The van der Waals surface area contributed by atoms with Gasteiger partial charge in [-0.05, 0) is 12.8 Å². The van der Waals surface area contributed by atoms with Gasteiger partial charge in [0.05, 0.1) is 6.61 Å². The smallest absolute Gasteiger partial charge is 0.320 e. The number of hydrogen-bond acceptors (Lipinski definition) is 3. The molecule has 0 aliphatic carbocycles. The quantitative estimate of drug-likeness (QED) is 0.673. The molecule has 2 N–H and O–H groups in total. The molecule has 1 aliphatic rings. The third kappa shape index (κ3) is 3.64. The van der Waals surface area contributed by atoms with Crippen molar-refractivity contribution >= 4 is 5.97 Å². The van der Waals surface area contributed by atoms with E-state index < -0.39 is 12.0 Å². The fourth-order valence-electron chi connectivity index (χ4n) is 1.64. The Morgan fingerprint density at radius 1 is 1.71 bits per heavy atom. The molecule has 2 unspecified atom stereocenters. The SMILES string of the molecule is CCCCC(NC1CCOC1)C(=O)O. The summed E-state index contributed by atoms with van der Waals surface area (Å²) >= 11 is 0. The summed E-state index contributed by atoms with van der Waals surface area (Å²) in [4.78, 5) is 10.9. The Morgan fingerprint density at radius 3 is 3.00 bits per heavy atom. The summed E-state index contributed by atoms with van der Waals surface area (Å²) < 4.78 is 5.19. The molecule has 1 saturated heterocycles. The molecule has 1 rings (SSSR count). The number of unbranched alkanes of at least 4 members (excludes halogenated alkanes) is 1. The predicted octanol–water partition coefficient (Wildman–Crippen LogP) is 1.01. The molecule has 0 saturated carbocycles. The van der Waals surface area contributed by atoms with Crippen LogP contribution in [0.4, 0.5) is 0 Å². The van der Waals surface area contributed by atoms with Crippen molar-refractivity contribution in [2.24, 2.45) is 0 Å². The van der Waals surface area contributed by atoms with Gasteiger partial charge in [0.25, 0.3) is 0 Å². The lowest BCUT2D eigenvalue weighted by Gasteiger charge is -2.17. The van der Waals surface area contributed by atoms with Gasteiger partial charge in [0.2, 0.25) is 0 Å². The third-order valence-corrected chi connectivity index (χ3v) is 2.51. The second-order valence-electron chi connectivity index (χ2n) is 3.76. The Kier molecular flexibility index (Phi) is 4.90. The van der Waals surface area contributed by atoms with Gasteiger partial charge in [-0.1, -0.05) is 19.8 Å². The van der Waals surface area contributed by atoms with E-state index in [4.69, 9.17) is 9.84 Å². The summed E-state index contributed by atoms with van der Waals surface area (Å²) in [6.45, 7) is 3.46. The van der Waals surface area contributed by atoms with E-state index in [9.17, 15) is 4.79 Å². The van der Waals surface area contributed by atoms with Crippen LogP contribution < -0.4 is 5.32 Å². The fraction of sp³-hybridized carbons (Fsp3) is 0.900. The highest BCUT2D eigenvalue weighted by molar-refractivity contribution is 5.73. The van der Waals surface area contributed by atoms with E-state index in [1.165, 1.54) is 0 Å². The van der Waals surface area contributed by atoms with Crippen LogP contribution in [0.15, 0.2) is 0 Å². The molecule has 4 heteroatoms. The predicted molar refractivity (Wildman–Crippen MR) is 53.3 cm³/mol. The summed E-state index contributed by atoms with van der Waals surface area (Å²) in [5.74, 6) is -0.745. The molecule has 4 nitrogen and oxygen atoms in total. The van der Waals surface area contributed by atoms with E-state index >= 15 is 0 Å². The van der Waals surface area contributed by atoms with Crippen molar-refractivity contribution in [2.75, 3.05) is 13.2 Å². The van der Waals surface area contributed by atoms with Crippen LogP contribution in [0, 0.1) is 0 Å². The summed E-state index contributed by atoms with van der Waals surface area (Å²) in [5, 5.41) is 12.1. The third-order valence-electron chi connectivity index (χ3n) is 2.51. The molecule has 0 radical (unpaired) electrons. The Hall–Kier alpha value is -0.610. The zero-order valence-corrected chi connectivity index (χ0v) is 8.66. The van der Waals surface area contributed by atoms with Gasteiger partial charge in [-0.2, -0.15) is 0 Å². The Bertz CT molecular complexity index is 178. The highest BCUT2D eigenvalue weighted by Crippen LogP contribution is 2.08. The van der Waals surface area contributed by atoms with Crippen LogP contribution in [0.1, 0.15) is 32.6 Å². The van der Waals surface area contributed by atoms with Crippen LogP contribution in [0.25, 0.3) is 0 Å². The number of carboxylic acids is 1. The van der Waals surface area contributed by atoms with Crippen LogP contribution in [-0.4, -0.2) is 36.4 Å². The first kappa shape index (κ1) is 11.5. The van der Waals surface area contributed by atoms with Crippen LogP contribution in [0.5, 0.6) is 0 Å². The topological polar surface area (TPSA) is 58.6 Å². The van der Waals surface area contributed by atoms with Gasteiger partial charge in [-0.15, -0.1) is 0 Å². The Morgan fingerprint density at radius 2 is 2.50 bits per heavy atom. The standard InChI is InChI=1S/C10H19NO3/c1-2-3-4-9(10(12)13)11-8-5-6-14-7-8/h8-9,11H,2-7H2,1H3,(H,12,13). The molecule has 82 valence electrons. The summed E-state index contributed by atoms with van der Waals surface area (Å²) in [6.07, 6.45) is 3.63. The number of carbonyl (C=O) groups is 1. The van der Waals surface area contributed by atoms with E-state index in [-0.39, 0.29) is 6.04 Å². The monoisotopic (exact) mass is 201 g/mol. The molecule has 1 fully saturated rings. The van der Waals surface area contributed by atoms with Crippen molar-refractivity contribution in [3.05, 3.63) is 0 Å². The zero-order valence-electron chi connectivity index (χ0n) is 8.66. The van der Waals surface area contributed by atoms with Gasteiger partial charge in [-0.3, -0.25) is 10.1 Å². The van der Waals surface area contributed by atoms with Crippen molar-refractivity contribution in [1.29, 1.82) is 0 Å². The van der Waals surface area contributed by atoms with Crippen LogP contribution in [-0.2, 0) is 9.53 Å². The van der Waals surface area contributed by atoms with Crippen molar-refractivity contribution in [1.82, 2.24) is 5.32 Å². The van der Waals surface area contributed by atoms with E-state index in [1.807, 2.05) is 0 Å². The van der Waals surface area contributed by atoms with Crippen molar-refractivity contribution in [3.63, 3.8) is 0 Å². The number of nitrogens with one attached hydrogen (secondary N) is 1. The van der Waals surface area contributed by atoms with Crippen LogP contribution in [0.3, 0.4) is 0 Å². The fourth-order valence-corrected chi connectivity index (χ4v) is 1.64. The van der Waals surface area contributed by atoms with E-state index in [0.717, 1.165) is 25.9 Å². The first-order valence-electron chi connectivity index (χ1n) is 5.30. The molecule has 14 heavy (non-hydrogen) atoms. The minimum atomic E-state index is -0.745. The maximum absolute atomic E-state index is 10.9. The first-order chi connectivity index (χ1) is 6.74. The average Bonchev–Trinajstić information content (AvgIpc) is 2.64. The van der Waals surface area contributed by atoms with Gasteiger partial charge in [-0.25, -0.2) is 0 Å². The van der Waals surface area contributed by atoms with Crippen LogP contribution >= 0.6 is 0 Å². The van der Waals surface area contributed by atoms with E-state index in [2.05, 4.69) is 12.2 Å². The van der Waals surface area contributed by atoms with Gasteiger partial charge >= 0.3 is 5.97 Å². The lowest BCUT2D eigenvalue weighted by Crippen LogP contribution is -2.43. The highest BCUT2D eigenvalue weighted by Gasteiger charge is 2.23. The van der Waals surface area contributed by atoms with Crippen LogP contribution in [0.2, 0.25) is 0 Å². The second-order valence-corrected chi connectivity index (χ2v) is 3.76. The van der Waals surface area contributed by atoms with Gasteiger partial charge < -0.3 is 9.84 Å². The number of rotatable bonds is 6. The minimum absolute atomic E-state index is 0.230. The molecular weight excluding hydrogens is 182 g/mol. The molecule has 1 heterocycles. The summed E-state index contributed by atoms with van der Waals surface area (Å²) in [6, 6.07) is -0.172. The normalized spacial score (nSPS) is 23.6. The second kappa shape index (κ2) is 5.98. The molecule has 0 amide bonds. The van der Waals surface area contributed by atoms with Crippen molar-refractivity contribution in [2.45, 2.75) is 44.7 Å². The van der Waals surface area contributed by atoms with Gasteiger partial charge in [0.1, 0.15) is 6.04 Å². The minimum Gasteiger partial charge on any atom is -0.480 e. The molecule has 0 bridgehead atoms. The Balaban J connectivity index is 2.30. The molecule has 1 aliphatic heterocycles. The number of ether oxygens (including phenoxy) is 1. The molecule has 0 aromatic heterocycles. The maximum Gasteiger partial charge on any atom is 0.320 e. The maximum atomic E-state index is 10.9. The molecule has 0 aromatic rings. The van der Waals surface area contributed by atoms with E-state index in [0.29, 0.717) is 13.0 Å². The van der Waals surface area contributed by atoms with Crippen molar-refractivity contribution < 1.29 is 14.6 Å². The molecule has 2 atom stereocenters. The first-order valence-corrected chi connectivity index (χ1v) is 5.30. The van der Waals surface area contributed by atoms with Gasteiger partial charge in [0.15, 0.2) is 0 Å². The summed E-state index contributed by atoms with van der Waals surface area (Å²) in [5.41, 5.74) is 0. The highest BCUT2D eigenvalue weighted by atomic mass is 16.5. The number of hydrogen-bond donors (Lipinski definition) is 2. The van der Waals surface area contributed by atoms with E-state index in [1.54, 1.807) is 0 Å². The molecule has 0 spiro atoms. The van der Waals surface area contributed by atoms with Gasteiger partial charge in [0, 0.05) is 12.6 Å². The molecule has 0 aromatic carbocycles. The lowest BCUT2D eigenvalue weighted by molar-refractivity contribution is -0.139.